The van der Waals surface area contributed by atoms with Crippen LogP contribution in [0.4, 0.5) is 0 Å². The van der Waals surface area contributed by atoms with Crippen molar-refractivity contribution in [3.63, 3.8) is 0 Å². The van der Waals surface area contributed by atoms with Gasteiger partial charge in [0.05, 0.1) is 79.3 Å². The molecule has 0 aliphatic rings. The molecule has 344 valence electrons. The first-order valence-electron chi connectivity index (χ1n) is 15.9. The number of carboxylic acids is 2. The van der Waals surface area contributed by atoms with Gasteiger partial charge in [0.1, 0.15) is 54.9 Å². The predicted octanol–water partition coefficient (Wildman–Crippen LogP) is -10.3. The fraction of sp³-hybridized carbons (Fsp3) is 0.710. The first-order valence-corrected chi connectivity index (χ1v) is 15.9. The minimum absolute atomic E-state index is 0.00658. The highest BCUT2D eigenvalue weighted by molar-refractivity contribution is 5.81. The summed E-state index contributed by atoms with van der Waals surface area (Å²) in [5.74, 6) is -2.67. The molecule has 0 bridgehead atoms. The Kier molecular flexibility index (Phi) is 61.1. The summed E-state index contributed by atoms with van der Waals surface area (Å²) in [6, 6.07) is 0. The lowest BCUT2D eigenvalue weighted by Crippen LogP contribution is -2.39. The van der Waals surface area contributed by atoms with Crippen LogP contribution in [-0.2, 0) is 23.9 Å². The van der Waals surface area contributed by atoms with Crippen LogP contribution in [0.3, 0.4) is 0 Å². The normalized spacial score (nSPS) is 15.0. The Labute approximate surface area is 327 Å². The van der Waals surface area contributed by atoms with Crippen molar-refractivity contribution in [1.82, 2.24) is 0 Å². The van der Waals surface area contributed by atoms with Gasteiger partial charge < -0.3 is 117 Å². The second-order valence-corrected chi connectivity index (χ2v) is 9.76. The van der Waals surface area contributed by atoms with Crippen molar-refractivity contribution < 1.29 is 131 Å². The molecule has 21 N–H and O–H groups in total. The summed E-state index contributed by atoms with van der Waals surface area (Å²) < 4.78 is 9.69. The van der Waals surface area contributed by atoms with Crippen molar-refractivity contribution in [2.45, 2.75) is 61.0 Å². The summed E-state index contributed by atoms with van der Waals surface area (Å²) in [6.45, 7) is 3.79. The van der Waals surface area contributed by atoms with Crippen molar-refractivity contribution in [2.24, 2.45) is 0 Å². The molecule has 0 heterocycles. The van der Waals surface area contributed by atoms with Gasteiger partial charge in [-0.15, -0.1) is 0 Å². The fourth-order valence-corrected chi connectivity index (χ4v) is 1.88. The summed E-state index contributed by atoms with van der Waals surface area (Å²) >= 11 is 0. The number of hydrogen-bond donors (Lipinski definition) is 21. The third kappa shape index (κ3) is 52.8. The van der Waals surface area contributed by atoms with Crippen molar-refractivity contribution in [2.75, 3.05) is 79.3 Å². The Morgan fingerprint density at radius 2 is 0.614 bits per heavy atom. The van der Waals surface area contributed by atoms with Gasteiger partial charge in [0.15, 0.2) is 6.10 Å². The lowest BCUT2D eigenvalue weighted by Gasteiger charge is -2.23. The molecule has 0 saturated heterocycles. The lowest BCUT2D eigenvalue weighted by atomic mass is 10.2. The standard InChI is InChI=1S/C9H16O6.4C4H10O4.2C3H4O2/c1-2-9(13)15-8(6-12)7(5-11)14-4-3-10;4*5-1-3(7)4(8)2-6;2*1-2-3(4)5/h2,7-8,10-12H,1,3-6H2;4*3-8H,1-2H2;2*2H,1H2,(H,4,5)/t7-,8+;4*3-,4+;;/m1....../s1. The van der Waals surface area contributed by atoms with E-state index < -0.39 is 145 Å². The maximum Gasteiger partial charge on any atom is 0.330 e. The molecule has 0 amide bonds. The molecule has 26 nitrogen and oxygen atoms in total. The molecule has 26 heteroatoms. The van der Waals surface area contributed by atoms with Gasteiger partial charge in [-0.1, -0.05) is 19.7 Å². The monoisotopic (exact) mass is 852 g/mol. The first kappa shape index (κ1) is 68.5. The number of ether oxygens (including phenoxy) is 2. The average Bonchev–Trinajstić information content (AvgIpc) is 3.24. The van der Waals surface area contributed by atoms with Crippen LogP contribution in [0.5, 0.6) is 0 Å². The SMILES string of the molecule is C=CC(=O)O.C=CC(=O)O.C=CC(=O)O[C@@H](CO)[C@@H](CO)OCCO.OC[C@@H](O)[C@@H](O)CO.OC[C@@H](O)[C@@H](O)CO.OC[C@@H](O)[C@@H](O)CO.OC[C@@H](O)[C@@H](O)CO. The number of aliphatic hydroxyl groups is 19. The molecule has 10 atom stereocenters. The number of hydrogen-bond acceptors (Lipinski definition) is 24. The van der Waals surface area contributed by atoms with Gasteiger partial charge >= 0.3 is 17.9 Å². The maximum atomic E-state index is 10.8. The van der Waals surface area contributed by atoms with Crippen LogP contribution in [-0.4, -0.2) is 265 Å². The van der Waals surface area contributed by atoms with Gasteiger partial charge in [0, 0.05) is 18.2 Å². The molecule has 0 unspecified atom stereocenters. The van der Waals surface area contributed by atoms with E-state index in [1.165, 1.54) is 0 Å². The molecule has 0 fully saturated rings. The molecular formula is C31H64O26. The van der Waals surface area contributed by atoms with E-state index in [0.717, 1.165) is 18.2 Å². The van der Waals surface area contributed by atoms with E-state index in [2.05, 4.69) is 19.7 Å². The molecule has 0 radical (unpaired) electrons. The zero-order chi connectivity index (χ0) is 46.5. The van der Waals surface area contributed by atoms with Gasteiger partial charge in [0.25, 0.3) is 0 Å². The molecule has 0 rings (SSSR count). The van der Waals surface area contributed by atoms with Crippen LogP contribution in [0.1, 0.15) is 0 Å². The van der Waals surface area contributed by atoms with Gasteiger partial charge in [-0.25, -0.2) is 14.4 Å². The van der Waals surface area contributed by atoms with Crippen LogP contribution in [0.25, 0.3) is 0 Å². The first-order chi connectivity index (χ1) is 26.6. The minimum Gasteiger partial charge on any atom is -0.478 e. The van der Waals surface area contributed by atoms with Crippen LogP contribution in [0, 0.1) is 0 Å². The lowest BCUT2D eigenvalue weighted by molar-refractivity contribution is -0.159. The van der Waals surface area contributed by atoms with Crippen LogP contribution in [0.2, 0.25) is 0 Å². The highest BCUT2D eigenvalue weighted by atomic mass is 16.6. The van der Waals surface area contributed by atoms with E-state index in [-0.39, 0.29) is 13.2 Å². The quantitative estimate of drug-likeness (QED) is 0.0355. The summed E-state index contributed by atoms with van der Waals surface area (Å²) in [4.78, 5) is 29.3. The number of rotatable bonds is 22. The molecule has 0 aromatic carbocycles. The number of esters is 1. The van der Waals surface area contributed by atoms with Crippen molar-refractivity contribution in [3.8, 4) is 0 Å². The zero-order valence-corrected chi connectivity index (χ0v) is 31.0. The Bertz CT molecular complexity index is 798. The van der Waals surface area contributed by atoms with E-state index in [9.17, 15) is 14.4 Å². The number of aliphatic carboxylic acids is 2. The van der Waals surface area contributed by atoms with Gasteiger partial charge in [0.2, 0.25) is 0 Å². The fourth-order valence-electron chi connectivity index (χ4n) is 1.88. The third-order valence-corrected chi connectivity index (χ3v) is 5.25. The van der Waals surface area contributed by atoms with Gasteiger partial charge in [-0.3, -0.25) is 0 Å². The van der Waals surface area contributed by atoms with E-state index in [1.807, 2.05) is 0 Å². The Balaban J connectivity index is -0.000000106. The van der Waals surface area contributed by atoms with E-state index >= 15 is 0 Å². The smallest absolute Gasteiger partial charge is 0.330 e. The van der Waals surface area contributed by atoms with Crippen molar-refractivity contribution in [3.05, 3.63) is 38.0 Å². The Morgan fingerprint density at radius 3 is 0.737 bits per heavy atom. The average molecular weight is 853 g/mol. The molecule has 0 aromatic rings. The van der Waals surface area contributed by atoms with Gasteiger partial charge in [-0.2, -0.15) is 0 Å². The molecule has 0 aliphatic carbocycles. The summed E-state index contributed by atoms with van der Waals surface area (Å²) in [5, 5.41) is 174. The topological polar surface area (TPSA) is 495 Å². The minimum atomic E-state index is -1.22. The third-order valence-electron chi connectivity index (χ3n) is 5.25. The number of carboxylic acid groups (broad SMARTS) is 2. The van der Waals surface area contributed by atoms with Crippen LogP contribution >= 0.6 is 0 Å². The maximum absolute atomic E-state index is 10.8. The van der Waals surface area contributed by atoms with Crippen LogP contribution in [0.15, 0.2) is 38.0 Å². The second kappa shape index (κ2) is 50.8. The Morgan fingerprint density at radius 1 is 0.404 bits per heavy atom. The van der Waals surface area contributed by atoms with E-state index in [1.54, 1.807) is 0 Å². The molecule has 0 aliphatic heterocycles. The van der Waals surface area contributed by atoms with Crippen molar-refractivity contribution in [1.29, 1.82) is 0 Å². The molecule has 57 heavy (non-hydrogen) atoms. The van der Waals surface area contributed by atoms with Gasteiger partial charge in [-0.05, 0) is 0 Å². The molecule has 0 saturated carbocycles. The summed E-state index contributed by atoms with van der Waals surface area (Å²) in [7, 11) is 0. The Hall–Kier alpha value is -3.17. The highest BCUT2D eigenvalue weighted by Crippen LogP contribution is 2.04. The number of aliphatic hydroxyl groups excluding tert-OH is 19. The molecular weight excluding hydrogens is 788 g/mol. The second-order valence-electron chi connectivity index (χ2n) is 9.76. The predicted molar refractivity (Wildman–Crippen MR) is 191 cm³/mol. The largest absolute Gasteiger partial charge is 0.478 e. The number of carbonyl (C=O) groups excluding carboxylic acids is 1. The number of carbonyl (C=O) groups is 3. The summed E-state index contributed by atoms with van der Waals surface area (Å²) in [5.41, 5.74) is 0. The summed E-state index contributed by atoms with van der Waals surface area (Å²) in [6.07, 6.45) is -8.98. The molecule has 0 spiro atoms. The van der Waals surface area contributed by atoms with E-state index in [0.29, 0.717) is 0 Å². The zero-order valence-electron chi connectivity index (χ0n) is 31.0. The highest BCUT2D eigenvalue weighted by Gasteiger charge is 2.24. The van der Waals surface area contributed by atoms with E-state index in [4.69, 9.17) is 117 Å². The molecule has 0 aromatic heterocycles. The van der Waals surface area contributed by atoms with Crippen molar-refractivity contribution >= 4 is 17.9 Å². The van der Waals surface area contributed by atoms with Crippen LogP contribution < -0.4 is 0 Å².